The Balaban J connectivity index is 1.48. The van der Waals surface area contributed by atoms with Crippen molar-refractivity contribution in [2.24, 2.45) is 0 Å². The minimum atomic E-state index is -5.06. The number of amides is 2. The number of hydrogen-bond acceptors (Lipinski definition) is 7. The number of fused-ring (bicyclic) bond motifs is 1. The highest BCUT2D eigenvalue weighted by molar-refractivity contribution is 5.99. The smallest absolute Gasteiger partial charge is 0.373 e. The maximum Gasteiger partial charge on any atom is 0.471 e. The van der Waals surface area contributed by atoms with E-state index >= 15 is 0 Å². The van der Waals surface area contributed by atoms with E-state index in [2.05, 4.69) is 25.9 Å². The number of ether oxygens (including phenoxy) is 1. The van der Waals surface area contributed by atoms with E-state index in [4.69, 9.17) is 4.74 Å². The van der Waals surface area contributed by atoms with Crippen molar-refractivity contribution >= 4 is 35.0 Å². The van der Waals surface area contributed by atoms with Crippen LogP contribution >= 0.6 is 0 Å². The fraction of sp³-hybridized carbons (Fsp3) is 0.400. The molecular formula is C20H18F6N6O3. The number of nitrogens with one attached hydrogen (secondary N) is 3. The van der Waals surface area contributed by atoms with E-state index in [1.807, 2.05) is 0 Å². The molecule has 15 heteroatoms. The maximum atomic E-state index is 13.5. The molecule has 0 bridgehead atoms. The Kier molecular flexibility index (Phi) is 6.44. The van der Waals surface area contributed by atoms with E-state index in [9.17, 15) is 35.9 Å². The van der Waals surface area contributed by atoms with E-state index in [1.54, 1.807) is 18.2 Å². The van der Waals surface area contributed by atoms with Gasteiger partial charge in [-0.25, -0.2) is 4.98 Å². The molecule has 2 aliphatic heterocycles. The van der Waals surface area contributed by atoms with Crippen molar-refractivity contribution in [1.29, 1.82) is 0 Å². The molecule has 1 aromatic heterocycles. The van der Waals surface area contributed by atoms with Crippen molar-refractivity contribution in [1.82, 2.24) is 14.9 Å². The van der Waals surface area contributed by atoms with Gasteiger partial charge in [0.2, 0.25) is 11.9 Å². The van der Waals surface area contributed by atoms with Gasteiger partial charge in [-0.2, -0.15) is 31.3 Å². The predicted octanol–water partition coefficient (Wildman–Crippen LogP) is 2.94. The number of anilines is 4. The van der Waals surface area contributed by atoms with Gasteiger partial charge >= 0.3 is 18.3 Å². The number of halogens is 6. The van der Waals surface area contributed by atoms with Crippen molar-refractivity contribution < 1.29 is 40.7 Å². The molecule has 0 saturated carbocycles. The van der Waals surface area contributed by atoms with Crippen LogP contribution in [0.1, 0.15) is 11.1 Å². The summed E-state index contributed by atoms with van der Waals surface area (Å²) in [7, 11) is 0. The van der Waals surface area contributed by atoms with Gasteiger partial charge in [0.05, 0.1) is 19.1 Å². The lowest BCUT2D eigenvalue weighted by Gasteiger charge is -2.33. The highest BCUT2D eigenvalue weighted by Gasteiger charge is 2.44. The molecule has 3 N–H and O–H groups in total. The SMILES string of the molecule is O=C1Cc2cc(Nc3ncc(C(F)(F)F)c(NCC4CN(C(=O)C(F)(F)F)CCO4)n3)ccc2N1. The summed E-state index contributed by atoms with van der Waals surface area (Å²) < 4.78 is 83.8. The first kappa shape index (κ1) is 24.5. The third kappa shape index (κ3) is 5.72. The van der Waals surface area contributed by atoms with Crippen molar-refractivity contribution in [3.05, 3.63) is 35.5 Å². The molecule has 1 fully saturated rings. The fourth-order valence-corrected chi connectivity index (χ4v) is 3.64. The Morgan fingerprint density at radius 1 is 1.23 bits per heavy atom. The molecular weight excluding hydrogens is 486 g/mol. The molecule has 3 heterocycles. The summed E-state index contributed by atoms with van der Waals surface area (Å²) >= 11 is 0. The molecule has 9 nitrogen and oxygen atoms in total. The van der Waals surface area contributed by atoms with E-state index in [0.717, 1.165) is 0 Å². The van der Waals surface area contributed by atoms with Crippen LogP contribution in [-0.4, -0.2) is 65.2 Å². The normalized spacial score (nSPS) is 18.2. The predicted molar refractivity (Wildman–Crippen MR) is 110 cm³/mol. The van der Waals surface area contributed by atoms with Crippen LogP contribution in [0.4, 0.5) is 49.5 Å². The largest absolute Gasteiger partial charge is 0.471 e. The summed E-state index contributed by atoms with van der Waals surface area (Å²) in [5.41, 5.74) is 0.563. The van der Waals surface area contributed by atoms with Crippen molar-refractivity contribution in [3.63, 3.8) is 0 Å². The van der Waals surface area contributed by atoms with Gasteiger partial charge in [0.1, 0.15) is 11.4 Å². The Morgan fingerprint density at radius 3 is 2.71 bits per heavy atom. The summed E-state index contributed by atoms with van der Waals surface area (Å²) in [4.78, 5) is 31.1. The van der Waals surface area contributed by atoms with Crippen LogP contribution in [-0.2, 0) is 26.9 Å². The van der Waals surface area contributed by atoms with Gasteiger partial charge in [-0.1, -0.05) is 0 Å². The van der Waals surface area contributed by atoms with Gasteiger partial charge in [0, 0.05) is 37.2 Å². The minimum Gasteiger partial charge on any atom is -0.373 e. The van der Waals surface area contributed by atoms with Crippen molar-refractivity contribution in [2.75, 3.05) is 42.2 Å². The quantitative estimate of drug-likeness (QED) is 0.538. The molecule has 1 saturated heterocycles. The highest BCUT2D eigenvalue weighted by atomic mass is 19.4. The third-order valence-corrected chi connectivity index (χ3v) is 5.25. The number of morpholine rings is 1. The third-order valence-electron chi connectivity index (χ3n) is 5.25. The number of carbonyl (C=O) groups excluding carboxylic acids is 2. The molecule has 0 spiro atoms. The van der Waals surface area contributed by atoms with Crippen LogP contribution < -0.4 is 16.0 Å². The standard InChI is InChI=1S/C20H18F6N6O3/c21-19(22,23)13-8-28-18(29-11-1-2-14-10(5-11)6-15(33)30-14)31-16(13)27-7-12-9-32(3-4-35-12)17(34)20(24,25)26/h1-2,5,8,12H,3-4,6-7,9H2,(H,30,33)(H2,27,28,29,31). The van der Waals surface area contributed by atoms with Gasteiger partial charge in [0.25, 0.3) is 0 Å². The van der Waals surface area contributed by atoms with E-state index in [1.165, 1.54) is 0 Å². The van der Waals surface area contributed by atoms with Gasteiger partial charge < -0.3 is 25.6 Å². The van der Waals surface area contributed by atoms with Crippen LogP contribution in [0.2, 0.25) is 0 Å². The lowest BCUT2D eigenvalue weighted by molar-refractivity contribution is -0.190. The first-order chi connectivity index (χ1) is 16.4. The number of benzene rings is 1. The number of rotatable bonds is 5. The number of nitrogens with zero attached hydrogens (tertiary/aromatic N) is 3. The van der Waals surface area contributed by atoms with Crippen molar-refractivity contribution in [2.45, 2.75) is 24.9 Å². The number of alkyl halides is 6. The Labute approximate surface area is 193 Å². The second-order valence-corrected chi connectivity index (χ2v) is 7.80. The second-order valence-electron chi connectivity index (χ2n) is 7.80. The molecule has 1 unspecified atom stereocenters. The first-order valence-corrected chi connectivity index (χ1v) is 10.3. The van der Waals surface area contributed by atoms with Crippen LogP contribution in [0.3, 0.4) is 0 Å². The monoisotopic (exact) mass is 504 g/mol. The Bertz CT molecular complexity index is 1140. The molecule has 2 amide bonds. The summed E-state index contributed by atoms with van der Waals surface area (Å²) in [6.07, 6.45) is -10.2. The maximum absolute atomic E-state index is 13.5. The zero-order valence-corrected chi connectivity index (χ0v) is 17.8. The molecule has 1 atom stereocenters. The average Bonchev–Trinajstić information content (AvgIpc) is 3.15. The molecule has 2 aliphatic rings. The van der Waals surface area contributed by atoms with Crippen LogP contribution in [0, 0.1) is 0 Å². The molecule has 188 valence electrons. The van der Waals surface area contributed by atoms with Gasteiger partial charge in [0.15, 0.2) is 0 Å². The minimum absolute atomic E-state index is 0.154. The number of aromatic nitrogens is 2. The summed E-state index contributed by atoms with van der Waals surface area (Å²) in [6, 6.07) is 4.84. The summed E-state index contributed by atoms with van der Waals surface area (Å²) in [6.45, 7) is -1.28. The van der Waals surface area contributed by atoms with Gasteiger partial charge in [-0.05, 0) is 23.8 Å². The van der Waals surface area contributed by atoms with Gasteiger partial charge in [-0.15, -0.1) is 0 Å². The molecule has 35 heavy (non-hydrogen) atoms. The average molecular weight is 504 g/mol. The van der Waals surface area contributed by atoms with E-state index in [-0.39, 0.29) is 38.0 Å². The first-order valence-electron chi connectivity index (χ1n) is 10.3. The van der Waals surface area contributed by atoms with Crippen LogP contribution in [0.15, 0.2) is 24.4 Å². The molecule has 2 aromatic rings. The van der Waals surface area contributed by atoms with Crippen LogP contribution in [0.5, 0.6) is 0 Å². The number of carbonyl (C=O) groups is 2. The zero-order valence-electron chi connectivity index (χ0n) is 17.8. The van der Waals surface area contributed by atoms with E-state index in [0.29, 0.717) is 28.0 Å². The molecule has 0 aliphatic carbocycles. The molecule has 4 rings (SSSR count). The van der Waals surface area contributed by atoms with Crippen LogP contribution in [0.25, 0.3) is 0 Å². The topological polar surface area (TPSA) is 108 Å². The van der Waals surface area contributed by atoms with Gasteiger partial charge in [-0.3, -0.25) is 9.59 Å². The lowest BCUT2D eigenvalue weighted by Crippen LogP contribution is -2.51. The highest BCUT2D eigenvalue weighted by Crippen LogP contribution is 2.34. The lowest BCUT2D eigenvalue weighted by atomic mass is 10.1. The number of hydrogen-bond donors (Lipinski definition) is 3. The Hall–Kier alpha value is -3.62. The molecule has 1 aromatic carbocycles. The zero-order chi connectivity index (χ0) is 25.4. The Morgan fingerprint density at radius 2 is 2.00 bits per heavy atom. The fourth-order valence-electron chi connectivity index (χ4n) is 3.64. The van der Waals surface area contributed by atoms with E-state index < -0.39 is 42.3 Å². The summed E-state index contributed by atoms with van der Waals surface area (Å²) in [5.74, 6) is -3.02. The van der Waals surface area contributed by atoms with Crippen molar-refractivity contribution in [3.8, 4) is 0 Å². The second kappa shape index (κ2) is 9.20. The molecule has 0 radical (unpaired) electrons. The summed E-state index contributed by atoms with van der Waals surface area (Å²) in [5, 5.41) is 7.87.